The largest absolute Gasteiger partial charge is 0.304 e. The molecule has 0 saturated carbocycles. The maximum Gasteiger partial charge on any atom is 0.00697 e. The number of hydrogen-bond donors (Lipinski definition) is 0. The summed E-state index contributed by atoms with van der Waals surface area (Å²) in [6, 6.07) is 16.3. The summed E-state index contributed by atoms with van der Waals surface area (Å²) in [6.45, 7) is 3.56. The first-order valence-corrected chi connectivity index (χ1v) is 6.93. The zero-order valence-corrected chi connectivity index (χ0v) is 11.3. The Morgan fingerprint density at radius 2 is 1.83 bits per heavy atom. The second-order valence-electron chi connectivity index (χ2n) is 5.66. The average molecular weight is 239 g/mol. The van der Waals surface area contributed by atoms with E-state index in [4.69, 9.17) is 0 Å². The highest BCUT2D eigenvalue weighted by atomic mass is 15.1. The third-order valence-corrected chi connectivity index (χ3v) is 4.45. The summed E-state index contributed by atoms with van der Waals surface area (Å²) in [6.07, 6.45) is 2.58. The van der Waals surface area contributed by atoms with Crippen molar-refractivity contribution in [2.75, 3.05) is 13.6 Å². The molecule has 3 rings (SSSR count). The Morgan fingerprint density at radius 3 is 2.61 bits per heavy atom. The molecule has 1 nitrogen and oxygen atoms in total. The van der Waals surface area contributed by atoms with Gasteiger partial charge in [0.05, 0.1) is 0 Å². The van der Waals surface area contributed by atoms with Crippen LogP contribution in [0.15, 0.2) is 42.5 Å². The van der Waals surface area contributed by atoms with E-state index < -0.39 is 0 Å². The monoisotopic (exact) mass is 239 g/mol. The molecule has 1 aliphatic rings. The second-order valence-corrected chi connectivity index (χ2v) is 5.66. The van der Waals surface area contributed by atoms with Crippen molar-refractivity contribution in [3.05, 3.63) is 48.0 Å². The standard InChI is InChI=1S/C17H21N/c1-13-11-17(9-10-18(13)2)16-8-7-14-5-3-4-6-15(14)12-16/h3-8,12-13,17H,9-11H2,1-2H3/t13-,17-/m1/s1. The van der Waals surface area contributed by atoms with Gasteiger partial charge >= 0.3 is 0 Å². The molecule has 2 atom stereocenters. The van der Waals surface area contributed by atoms with Gasteiger partial charge in [-0.1, -0.05) is 42.5 Å². The molecule has 0 N–H and O–H groups in total. The molecular weight excluding hydrogens is 218 g/mol. The van der Waals surface area contributed by atoms with E-state index in [-0.39, 0.29) is 0 Å². The van der Waals surface area contributed by atoms with Crippen LogP contribution in [0.1, 0.15) is 31.2 Å². The zero-order chi connectivity index (χ0) is 12.5. The number of nitrogens with zero attached hydrogens (tertiary/aromatic N) is 1. The molecule has 0 aliphatic carbocycles. The van der Waals surface area contributed by atoms with E-state index in [1.807, 2.05) is 0 Å². The van der Waals surface area contributed by atoms with Crippen LogP contribution >= 0.6 is 0 Å². The predicted molar refractivity (Wildman–Crippen MR) is 78.0 cm³/mol. The number of rotatable bonds is 1. The minimum Gasteiger partial charge on any atom is -0.304 e. The minimum absolute atomic E-state index is 0.704. The first kappa shape index (κ1) is 11.7. The van der Waals surface area contributed by atoms with Gasteiger partial charge < -0.3 is 4.90 Å². The molecule has 1 heterocycles. The molecule has 94 valence electrons. The molecule has 0 amide bonds. The van der Waals surface area contributed by atoms with Gasteiger partial charge in [-0.25, -0.2) is 0 Å². The Bertz CT molecular complexity index is 546. The van der Waals surface area contributed by atoms with Crippen molar-refractivity contribution in [2.45, 2.75) is 31.7 Å². The lowest BCUT2D eigenvalue weighted by Gasteiger charge is -2.35. The van der Waals surface area contributed by atoms with Crippen LogP contribution in [0.25, 0.3) is 10.8 Å². The zero-order valence-electron chi connectivity index (χ0n) is 11.3. The maximum atomic E-state index is 2.47. The van der Waals surface area contributed by atoms with Crippen molar-refractivity contribution >= 4 is 10.8 Å². The van der Waals surface area contributed by atoms with E-state index in [2.05, 4.69) is 61.3 Å². The van der Waals surface area contributed by atoms with Crippen LogP contribution in [0.5, 0.6) is 0 Å². The summed E-state index contributed by atoms with van der Waals surface area (Å²) in [5, 5.41) is 2.73. The van der Waals surface area contributed by atoms with Crippen LogP contribution in [-0.4, -0.2) is 24.5 Å². The lowest BCUT2D eigenvalue weighted by molar-refractivity contribution is 0.183. The fourth-order valence-electron chi connectivity index (χ4n) is 3.05. The molecule has 18 heavy (non-hydrogen) atoms. The van der Waals surface area contributed by atoms with Crippen molar-refractivity contribution in [3.8, 4) is 0 Å². The predicted octanol–water partition coefficient (Wildman–Crippen LogP) is 4.04. The lowest BCUT2D eigenvalue weighted by Crippen LogP contribution is -2.36. The molecule has 2 aromatic rings. The normalized spacial score (nSPS) is 25.4. The van der Waals surface area contributed by atoms with Crippen molar-refractivity contribution in [3.63, 3.8) is 0 Å². The van der Waals surface area contributed by atoms with Crippen molar-refractivity contribution in [1.82, 2.24) is 4.90 Å². The first-order chi connectivity index (χ1) is 8.74. The fourth-order valence-corrected chi connectivity index (χ4v) is 3.05. The van der Waals surface area contributed by atoms with E-state index in [1.165, 1.54) is 35.7 Å². The highest BCUT2D eigenvalue weighted by molar-refractivity contribution is 5.83. The smallest absolute Gasteiger partial charge is 0.00697 e. The van der Waals surface area contributed by atoms with E-state index in [0.717, 1.165) is 5.92 Å². The summed E-state index contributed by atoms with van der Waals surface area (Å²) in [4.78, 5) is 2.47. The van der Waals surface area contributed by atoms with Gasteiger partial charge in [-0.05, 0) is 55.6 Å². The van der Waals surface area contributed by atoms with Gasteiger partial charge in [-0.15, -0.1) is 0 Å². The number of likely N-dealkylation sites (tertiary alicyclic amines) is 1. The summed E-state index contributed by atoms with van der Waals surface area (Å²) in [7, 11) is 2.24. The minimum atomic E-state index is 0.704. The van der Waals surface area contributed by atoms with E-state index >= 15 is 0 Å². The van der Waals surface area contributed by atoms with Crippen LogP contribution < -0.4 is 0 Å². The average Bonchev–Trinajstić information content (AvgIpc) is 2.41. The quantitative estimate of drug-likeness (QED) is 0.726. The number of piperidine rings is 1. The van der Waals surface area contributed by atoms with Gasteiger partial charge in [0.15, 0.2) is 0 Å². The van der Waals surface area contributed by atoms with Crippen LogP contribution in [0, 0.1) is 0 Å². The molecule has 0 radical (unpaired) electrons. The van der Waals surface area contributed by atoms with Crippen molar-refractivity contribution in [2.24, 2.45) is 0 Å². The fraction of sp³-hybridized carbons (Fsp3) is 0.412. The summed E-state index contributed by atoms with van der Waals surface area (Å²) >= 11 is 0. The Kier molecular flexibility index (Phi) is 3.09. The van der Waals surface area contributed by atoms with Crippen LogP contribution in [-0.2, 0) is 0 Å². The van der Waals surface area contributed by atoms with Gasteiger partial charge in [0, 0.05) is 6.04 Å². The topological polar surface area (TPSA) is 3.24 Å². The van der Waals surface area contributed by atoms with Crippen LogP contribution in [0.4, 0.5) is 0 Å². The first-order valence-electron chi connectivity index (χ1n) is 6.93. The third-order valence-electron chi connectivity index (χ3n) is 4.45. The van der Waals surface area contributed by atoms with Crippen LogP contribution in [0.2, 0.25) is 0 Å². The Morgan fingerprint density at radius 1 is 1.06 bits per heavy atom. The second kappa shape index (κ2) is 4.74. The van der Waals surface area contributed by atoms with Gasteiger partial charge in [0.2, 0.25) is 0 Å². The lowest BCUT2D eigenvalue weighted by atomic mass is 9.85. The molecule has 0 bridgehead atoms. The Hall–Kier alpha value is -1.34. The van der Waals surface area contributed by atoms with Gasteiger partial charge in [-0.2, -0.15) is 0 Å². The Labute approximate surface area is 109 Å². The van der Waals surface area contributed by atoms with Crippen molar-refractivity contribution < 1.29 is 0 Å². The van der Waals surface area contributed by atoms with E-state index in [0.29, 0.717) is 6.04 Å². The van der Waals surface area contributed by atoms with E-state index in [9.17, 15) is 0 Å². The molecule has 1 saturated heterocycles. The molecule has 2 aromatic carbocycles. The highest BCUT2D eigenvalue weighted by Gasteiger charge is 2.23. The summed E-state index contributed by atoms with van der Waals surface area (Å²) < 4.78 is 0. The van der Waals surface area contributed by atoms with E-state index in [1.54, 1.807) is 0 Å². The maximum absolute atomic E-state index is 2.47. The number of hydrogen-bond acceptors (Lipinski definition) is 1. The number of benzene rings is 2. The molecule has 1 heteroatoms. The van der Waals surface area contributed by atoms with Gasteiger partial charge in [0.25, 0.3) is 0 Å². The SMILES string of the molecule is C[C@@H]1C[C@H](c2ccc3ccccc3c2)CCN1C. The molecule has 1 aliphatic heterocycles. The Balaban J connectivity index is 1.90. The molecule has 1 fully saturated rings. The summed E-state index contributed by atoms with van der Waals surface area (Å²) in [5.41, 5.74) is 1.52. The highest BCUT2D eigenvalue weighted by Crippen LogP contribution is 2.32. The molecule has 0 unspecified atom stereocenters. The van der Waals surface area contributed by atoms with Crippen molar-refractivity contribution in [1.29, 1.82) is 0 Å². The molecular formula is C17H21N. The summed E-state index contributed by atoms with van der Waals surface area (Å²) in [5.74, 6) is 0.737. The van der Waals surface area contributed by atoms with Crippen LogP contribution in [0.3, 0.4) is 0 Å². The number of fused-ring (bicyclic) bond motifs is 1. The molecule has 0 spiro atoms. The van der Waals surface area contributed by atoms with Gasteiger partial charge in [-0.3, -0.25) is 0 Å². The third kappa shape index (κ3) is 2.15. The molecule has 0 aromatic heterocycles. The van der Waals surface area contributed by atoms with Gasteiger partial charge in [0.1, 0.15) is 0 Å².